The summed E-state index contributed by atoms with van der Waals surface area (Å²) in [6.45, 7) is 4.10. The van der Waals surface area contributed by atoms with E-state index in [9.17, 15) is 0 Å². The van der Waals surface area contributed by atoms with Crippen LogP contribution in [-0.2, 0) is 0 Å². The number of pyridine rings is 2. The second-order valence-corrected chi connectivity index (χ2v) is 8.86. The van der Waals surface area contributed by atoms with Gasteiger partial charge in [-0.05, 0) is 45.6 Å². The van der Waals surface area contributed by atoms with Crippen molar-refractivity contribution in [2.45, 2.75) is 57.7 Å². The summed E-state index contributed by atoms with van der Waals surface area (Å²) >= 11 is 0. The molecule has 1 aliphatic carbocycles. The number of nitrogens with zero attached hydrogens (tertiary/aromatic N) is 7. The topological polar surface area (TPSA) is 156 Å². The van der Waals surface area contributed by atoms with Crippen LogP contribution in [0.1, 0.15) is 45.1 Å². The summed E-state index contributed by atoms with van der Waals surface area (Å²) in [5.74, 6) is 0.954. The Morgan fingerprint density at radius 1 is 1.12 bits per heavy atom. The maximum absolute atomic E-state index is 9.12. The van der Waals surface area contributed by atoms with Crippen molar-refractivity contribution in [2.24, 2.45) is 5.73 Å². The Hall–Kier alpha value is -4.04. The van der Waals surface area contributed by atoms with Crippen LogP contribution in [0.25, 0.3) is 28.3 Å². The average molecular weight is 459 g/mol. The fourth-order valence-electron chi connectivity index (χ4n) is 4.14. The van der Waals surface area contributed by atoms with Crippen LogP contribution in [0.2, 0.25) is 0 Å². The Labute approximate surface area is 196 Å². The van der Waals surface area contributed by atoms with Gasteiger partial charge in [0.15, 0.2) is 11.5 Å². The van der Waals surface area contributed by atoms with Gasteiger partial charge in [0.25, 0.3) is 5.89 Å². The normalized spacial score (nSPS) is 18.2. The summed E-state index contributed by atoms with van der Waals surface area (Å²) in [5, 5.41) is 29.5. The van der Waals surface area contributed by atoms with Gasteiger partial charge in [-0.2, -0.15) is 15.0 Å². The highest BCUT2D eigenvalue weighted by Gasteiger charge is 2.22. The van der Waals surface area contributed by atoms with Gasteiger partial charge in [-0.25, -0.2) is 9.97 Å². The minimum absolute atomic E-state index is 0.159. The standard InChI is InChI=1S/C23H26N10O/c1-13(2)29-19-8-20(33-21-15(11-28-33)7-14(9-24)10-27-21)26-12-18(19)22-31-32-23(34-22)30-17-5-3-16(25)4-6-17/h7-8,10-13,16-17H,3-6,25H2,1-2H3,(H,26,29)(H,30,32). The minimum atomic E-state index is 0.159. The molecule has 4 aromatic heterocycles. The highest BCUT2D eigenvalue weighted by Crippen LogP contribution is 2.31. The molecule has 0 amide bonds. The number of aromatic nitrogens is 6. The molecule has 0 aromatic carbocycles. The number of rotatable bonds is 6. The molecule has 1 saturated carbocycles. The molecule has 0 atom stereocenters. The monoisotopic (exact) mass is 458 g/mol. The molecule has 4 heterocycles. The lowest BCUT2D eigenvalue weighted by Crippen LogP contribution is -2.32. The predicted octanol–water partition coefficient (Wildman–Crippen LogP) is 3.24. The number of nitrogens with two attached hydrogens (primary N) is 1. The molecule has 4 aromatic rings. The Morgan fingerprint density at radius 3 is 2.71 bits per heavy atom. The van der Waals surface area contributed by atoms with E-state index in [0.717, 1.165) is 36.8 Å². The number of anilines is 2. The van der Waals surface area contributed by atoms with E-state index in [-0.39, 0.29) is 18.1 Å². The van der Waals surface area contributed by atoms with Gasteiger partial charge in [0, 0.05) is 42.0 Å². The van der Waals surface area contributed by atoms with Crippen LogP contribution in [-0.4, -0.2) is 48.1 Å². The van der Waals surface area contributed by atoms with Crippen LogP contribution in [0.4, 0.5) is 11.7 Å². The molecule has 0 unspecified atom stereocenters. The van der Waals surface area contributed by atoms with E-state index in [1.165, 1.54) is 6.20 Å². The molecule has 11 heteroatoms. The molecule has 0 radical (unpaired) electrons. The van der Waals surface area contributed by atoms with Gasteiger partial charge in [0.1, 0.15) is 6.07 Å². The highest BCUT2D eigenvalue weighted by molar-refractivity contribution is 5.78. The van der Waals surface area contributed by atoms with Crippen molar-refractivity contribution >= 4 is 22.7 Å². The molecule has 5 rings (SSSR count). The first-order chi connectivity index (χ1) is 16.5. The van der Waals surface area contributed by atoms with E-state index in [1.807, 2.05) is 19.9 Å². The van der Waals surface area contributed by atoms with Gasteiger partial charge >= 0.3 is 6.01 Å². The average Bonchev–Trinajstić information content (AvgIpc) is 3.47. The molecular weight excluding hydrogens is 432 g/mol. The van der Waals surface area contributed by atoms with Crippen molar-refractivity contribution in [3.63, 3.8) is 0 Å². The third-order valence-electron chi connectivity index (χ3n) is 5.84. The molecule has 0 bridgehead atoms. The maximum Gasteiger partial charge on any atom is 0.315 e. The Kier molecular flexibility index (Phi) is 5.81. The van der Waals surface area contributed by atoms with Crippen LogP contribution < -0.4 is 16.4 Å². The van der Waals surface area contributed by atoms with Crippen LogP contribution >= 0.6 is 0 Å². The van der Waals surface area contributed by atoms with Crippen molar-refractivity contribution in [3.8, 4) is 23.3 Å². The molecule has 11 nitrogen and oxygen atoms in total. The summed E-state index contributed by atoms with van der Waals surface area (Å²) in [6.07, 6.45) is 8.82. The summed E-state index contributed by atoms with van der Waals surface area (Å²) < 4.78 is 7.58. The molecule has 0 aliphatic heterocycles. The SMILES string of the molecule is CC(C)Nc1cc(-n2ncc3cc(C#N)cnc32)ncc1-c1nnc(NC2CCC(N)CC2)o1. The highest BCUT2D eigenvalue weighted by atomic mass is 16.4. The summed E-state index contributed by atoms with van der Waals surface area (Å²) in [5.41, 5.74) is 8.58. The van der Waals surface area contributed by atoms with Crippen molar-refractivity contribution < 1.29 is 4.42 Å². The van der Waals surface area contributed by atoms with Crippen LogP contribution in [0, 0.1) is 11.3 Å². The van der Waals surface area contributed by atoms with E-state index in [4.69, 9.17) is 15.4 Å². The van der Waals surface area contributed by atoms with Crippen molar-refractivity contribution in [1.82, 2.24) is 29.9 Å². The molecule has 174 valence electrons. The number of nitriles is 1. The molecule has 0 saturated heterocycles. The summed E-state index contributed by atoms with van der Waals surface area (Å²) in [6, 6.07) is 6.83. The van der Waals surface area contributed by atoms with Crippen LogP contribution in [0.15, 0.2) is 35.1 Å². The van der Waals surface area contributed by atoms with Crippen LogP contribution in [0.5, 0.6) is 0 Å². The third-order valence-corrected chi connectivity index (χ3v) is 5.84. The Balaban J connectivity index is 1.45. The second-order valence-electron chi connectivity index (χ2n) is 8.86. The fourth-order valence-corrected chi connectivity index (χ4v) is 4.14. The van der Waals surface area contributed by atoms with Crippen molar-refractivity contribution in [2.75, 3.05) is 10.6 Å². The zero-order chi connectivity index (χ0) is 23.7. The first-order valence-corrected chi connectivity index (χ1v) is 11.4. The van der Waals surface area contributed by atoms with Gasteiger partial charge in [-0.15, -0.1) is 5.10 Å². The second kappa shape index (κ2) is 9.07. The van der Waals surface area contributed by atoms with E-state index >= 15 is 0 Å². The molecule has 1 fully saturated rings. The van der Waals surface area contributed by atoms with Gasteiger partial charge in [-0.1, -0.05) is 5.10 Å². The first-order valence-electron chi connectivity index (χ1n) is 11.4. The third kappa shape index (κ3) is 4.40. The number of hydrogen-bond donors (Lipinski definition) is 3. The summed E-state index contributed by atoms with van der Waals surface area (Å²) in [7, 11) is 0. The predicted molar refractivity (Wildman–Crippen MR) is 127 cm³/mol. The number of fused-ring (bicyclic) bond motifs is 1. The first kappa shape index (κ1) is 21.8. The minimum Gasteiger partial charge on any atom is -0.403 e. The summed E-state index contributed by atoms with van der Waals surface area (Å²) in [4.78, 5) is 8.97. The molecule has 1 aliphatic rings. The lowest BCUT2D eigenvalue weighted by Gasteiger charge is -2.25. The zero-order valence-electron chi connectivity index (χ0n) is 19.1. The Morgan fingerprint density at radius 2 is 1.94 bits per heavy atom. The van der Waals surface area contributed by atoms with Gasteiger partial charge in [0.2, 0.25) is 0 Å². The smallest absolute Gasteiger partial charge is 0.315 e. The number of hydrogen-bond acceptors (Lipinski definition) is 10. The lowest BCUT2D eigenvalue weighted by atomic mass is 9.92. The van der Waals surface area contributed by atoms with E-state index in [1.54, 1.807) is 23.1 Å². The van der Waals surface area contributed by atoms with E-state index in [2.05, 4.69) is 42.0 Å². The molecule has 4 N–H and O–H groups in total. The van der Waals surface area contributed by atoms with Gasteiger partial charge in [-0.3, -0.25) is 0 Å². The quantitative estimate of drug-likeness (QED) is 0.392. The van der Waals surface area contributed by atoms with Crippen molar-refractivity contribution in [1.29, 1.82) is 5.26 Å². The molecular formula is C23H26N10O. The molecule has 34 heavy (non-hydrogen) atoms. The van der Waals surface area contributed by atoms with Gasteiger partial charge in [0.05, 0.1) is 23.0 Å². The maximum atomic E-state index is 9.12. The Bertz CT molecular complexity index is 1340. The lowest BCUT2D eigenvalue weighted by molar-refractivity contribution is 0.403. The number of nitrogens with one attached hydrogen (secondary N) is 2. The van der Waals surface area contributed by atoms with Gasteiger partial charge < -0.3 is 20.8 Å². The van der Waals surface area contributed by atoms with E-state index in [0.29, 0.717) is 34.5 Å². The molecule has 0 spiro atoms. The van der Waals surface area contributed by atoms with E-state index < -0.39 is 0 Å². The largest absolute Gasteiger partial charge is 0.403 e. The zero-order valence-corrected chi connectivity index (χ0v) is 19.1. The fraction of sp³-hybridized carbons (Fsp3) is 0.391. The van der Waals surface area contributed by atoms with Crippen molar-refractivity contribution in [3.05, 3.63) is 36.3 Å². The van der Waals surface area contributed by atoms with Crippen LogP contribution in [0.3, 0.4) is 0 Å².